The molecule has 1 aromatic carbocycles. The Kier molecular flexibility index (Phi) is 5.50. The average molecular weight is 479 g/mol. The number of aryl methyl sites for hydroxylation is 1. The van der Waals surface area contributed by atoms with Crippen LogP contribution in [0.4, 0.5) is 0 Å². The minimum absolute atomic E-state index is 0.00933. The number of hydrogen-bond acceptors (Lipinski definition) is 5. The fraction of sp³-hybridized carbons (Fsp3) is 0.552. The van der Waals surface area contributed by atoms with Crippen molar-refractivity contribution in [2.75, 3.05) is 7.11 Å². The summed E-state index contributed by atoms with van der Waals surface area (Å²) in [6.45, 7) is 8.28. The van der Waals surface area contributed by atoms with Crippen LogP contribution in [0.5, 0.6) is 5.75 Å². The van der Waals surface area contributed by atoms with Crippen molar-refractivity contribution in [3.63, 3.8) is 0 Å². The standard InChI is InChI=1S/C29H34O6/c1-28(2)11-19(30)26-22(13-28)35-23-14-29(3,4)12-20(31)27(23)25(26)18-10-17-15(8-21(18)34-5)6-7-16(17)9-24(32)33/h8,10,16,25H,6-7,9,11-14H2,1-5H3,(H,32,33). The zero-order valence-corrected chi connectivity index (χ0v) is 21.2. The van der Waals surface area contributed by atoms with E-state index in [4.69, 9.17) is 9.47 Å². The summed E-state index contributed by atoms with van der Waals surface area (Å²) >= 11 is 0. The molecule has 4 aliphatic rings. The molecule has 1 heterocycles. The molecular weight excluding hydrogens is 444 g/mol. The number of methoxy groups -OCH3 is 1. The van der Waals surface area contributed by atoms with Gasteiger partial charge in [0.2, 0.25) is 0 Å². The zero-order chi connectivity index (χ0) is 25.3. The first-order valence-corrected chi connectivity index (χ1v) is 12.5. The van der Waals surface area contributed by atoms with Crippen LogP contribution in [0.1, 0.15) is 94.7 Å². The van der Waals surface area contributed by atoms with E-state index in [0.717, 1.165) is 29.5 Å². The summed E-state index contributed by atoms with van der Waals surface area (Å²) in [5.74, 6) is 0.541. The Morgan fingerprint density at radius 3 is 2.06 bits per heavy atom. The highest BCUT2D eigenvalue weighted by Crippen LogP contribution is 2.55. The van der Waals surface area contributed by atoms with E-state index in [-0.39, 0.29) is 34.7 Å². The van der Waals surface area contributed by atoms with Gasteiger partial charge in [-0.15, -0.1) is 0 Å². The fourth-order valence-electron chi connectivity index (χ4n) is 6.55. The first-order chi connectivity index (χ1) is 16.4. The van der Waals surface area contributed by atoms with Gasteiger partial charge in [0, 0.05) is 42.4 Å². The number of rotatable bonds is 4. The van der Waals surface area contributed by atoms with Gasteiger partial charge in [-0.25, -0.2) is 0 Å². The highest BCUT2D eigenvalue weighted by molar-refractivity contribution is 6.06. The number of ether oxygens (including phenoxy) is 2. The van der Waals surface area contributed by atoms with Gasteiger partial charge in [0.1, 0.15) is 17.3 Å². The number of carboxylic acid groups (broad SMARTS) is 1. The Balaban J connectivity index is 1.73. The summed E-state index contributed by atoms with van der Waals surface area (Å²) in [5, 5.41) is 9.45. The molecule has 6 nitrogen and oxygen atoms in total. The number of benzene rings is 1. The molecule has 0 bridgehead atoms. The van der Waals surface area contributed by atoms with Gasteiger partial charge < -0.3 is 14.6 Å². The quantitative estimate of drug-likeness (QED) is 0.606. The lowest BCUT2D eigenvalue weighted by Gasteiger charge is -2.43. The van der Waals surface area contributed by atoms with Gasteiger partial charge in [0.15, 0.2) is 11.6 Å². The van der Waals surface area contributed by atoms with E-state index in [1.165, 1.54) is 0 Å². The summed E-state index contributed by atoms with van der Waals surface area (Å²) in [7, 11) is 1.61. The molecular formula is C29H34O6. The van der Waals surface area contributed by atoms with Crippen molar-refractivity contribution in [1.29, 1.82) is 0 Å². The Morgan fingerprint density at radius 1 is 0.971 bits per heavy atom. The molecule has 0 fully saturated rings. The van der Waals surface area contributed by atoms with Crippen LogP contribution in [0, 0.1) is 10.8 Å². The normalized spacial score (nSPS) is 25.1. The first kappa shape index (κ1) is 23.8. The predicted molar refractivity (Wildman–Crippen MR) is 130 cm³/mol. The first-order valence-electron chi connectivity index (χ1n) is 12.5. The van der Waals surface area contributed by atoms with Crippen molar-refractivity contribution < 1.29 is 29.0 Å². The third-order valence-electron chi connectivity index (χ3n) is 8.01. The molecule has 186 valence electrons. The monoisotopic (exact) mass is 478 g/mol. The Hall–Kier alpha value is -2.89. The molecule has 3 aliphatic carbocycles. The summed E-state index contributed by atoms with van der Waals surface area (Å²) in [6, 6.07) is 4.00. The van der Waals surface area contributed by atoms with E-state index in [1.807, 2.05) is 12.1 Å². The maximum Gasteiger partial charge on any atom is 0.303 e. The van der Waals surface area contributed by atoms with Gasteiger partial charge in [-0.1, -0.05) is 33.8 Å². The largest absolute Gasteiger partial charge is 0.496 e. The average Bonchev–Trinajstić information content (AvgIpc) is 3.10. The molecule has 0 amide bonds. The van der Waals surface area contributed by atoms with Crippen molar-refractivity contribution in [2.45, 2.75) is 84.5 Å². The van der Waals surface area contributed by atoms with Crippen LogP contribution in [-0.4, -0.2) is 29.8 Å². The van der Waals surface area contributed by atoms with Gasteiger partial charge in [0.25, 0.3) is 0 Å². The van der Waals surface area contributed by atoms with E-state index < -0.39 is 11.9 Å². The Morgan fingerprint density at radius 2 is 1.54 bits per heavy atom. The second kappa shape index (κ2) is 8.07. The van der Waals surface area contributed by atoms with Gasteiger partial charge in [-0.3, -0.25) is 14.4 Å². The number of hydrogen-bond donors (Lipinski definition) is 1. The SMILES string of the molecule is COc1cc2c(cc1C1C3=C(CC(C)(C)CC3=O)OC3=C1C(=O)CC(C)(C)C3)C(CC(=O)O)CC2. The van der Waals surface area contributed by atoms with E-state index in [0.29, 0.717) is 54.1 Å². The number of ketones is 2. The van der Waals surface area contributed by atoms with Gasteiger partial charge in [-0.05, 0) is 46.8 Å². The highest BCUT2D eigenvalue weighted by atomic mass is 16.5. The molecule has 5 rings (SSSR count). The molecule has 1 unspecified atom stereocenters. The van der Waals surface area contributed by atoms with Crippen LogP contribution in [-0.2, 0) is 25.5 Å². The minimum atomic E-state index is -0.823. The fourth-order valence-corrected chi connectivity index (χ4v) is 6.55. The highest BCUT2D eigenvalue weighted by Gasteiger charge is 2.48. The van der Waals surface area contributed by atoms with Crippen molar-refractivity contribution in [2.24, 2.45) is 10.8 Å². The van der Waals surface area contributed by atoms with Crippen LogP contribution in [0.3, 0.4) is 0 Å². The van der Waals surface area contributed by atoms with Crippen molar-refractivity contribution >= 4 is 17.5 Å². The van der Waals surface area contributed by atoms with E-state index >= 15 is 0 Å². The van der Waals surface area contributed by atoms with Crippen LogP contribution < -0.4 is 4.74 Å². The van der Waals surface area contributed by atoms with Crippen LogP contribution in [0.2, 0.25) is 0 Å². The van der Waals surface area contributed by atoms with E-state index in [9.17, 15) is 19.5 Å². The second-order valence-electron chi connectivity index (χ2n) is 12.2. The van der Waals surface area contributed by atoms with Crippen molar-refractivity contribution in [3.8, 4) is 5.75 Å². The minimum Gasteiger partial charge on any atom is -0.496 e. The molecule has 0 saturated carbocycles. The third kappa shape index (κ3) is 4.11. The molecule has 0 saturated heterocycles. The van der Waals surface area contributed by atoms with Crippen LogP contribution in [0.15, 0.2) is 34.8 Å². The smallest absolute Gasteiger partial charge is 0.303 e. The molecule has 1 atom stereocenters. The molecule has 6 heteroatoms. The lowest BCUT2D eigenvalue weighted by atomic mass is 9.65. The molecule has 1 N–H and O–H groups in total. The van der Waals surface area contributed by atoms with Crippen molar-refractivity contribution in [3.05, 3.63) is 51.5 Å². The number of Topliss-reactive ketones (excluding diaryl/α,β-unsaturated/α-hetero) is 2. The number of carbonyl (C=O) groups is 3. The van der Waals surface area contributed by atoms with Gasteiger partial charge in [-0.2, -0.15) is 0 Å². The Bertz CT molecular complexity index is 1160. The van der Waals surface area contributed by atoms with Crippen LogP contribution in [0.25, 0.3) is 0 Å². The third-order valence-corrected chi connectivity index (χ3v) is 8.01. The second-order valence-corrected chi connectivity index (χ2v) is 12.2. The zero-order valence-electron chi connectivity index (χ0n) is 21.2. The molecule has 0 aromatic heterocycles. The predicted octanol–water partition coefficient (Wildman–Crippen LogP) is 5.60. The molecule has 1 aliphatic heterocycles. The Labute approximate surface area is 206 Å². The molecule has 35 heavy (non-hydrogen) atoms. The van der Waals surface area contributed by atoms with Crippen molar-refractivity contribution in [1.82, 2.24) is 0 Å². The maximum atomic E-state index is 13.6. The number of allylic oxidation sites excluding steroid dienone is 4. The molecule has 1 aromatic rings. The summed E-state index contributed by atoms with van der Waals surface area (Å²) in [4.78, 5) is 38.7. The maximum absolute atomic E-state index is 13.6. The van der Waals surface area contributed by atoms with E-state index in [1.54, 1.807) is 7.11 Å². The van der Waals surface area contributed by atoms with E-state index in [2.05, 4.69) is 27.7 Å². The molecule has 0 radical (unpaired) electrons. The lowest BCUT2D eigenvalue weighted by molar-refractivity contribution is -0.137. The number of fused-ring (bicyclic) bond motifs is 1. The topological polar surface area (TPSA) is 89.9 Å². The summed E-state index contributed by atoms with van der Waals surface area (Å²) in [5.41, 5.74) is 3.55. The summed E-state index contributed by atoms with van der Waals surface area (Å²) < 4.78 is 12.2. The number of carbonyl (C=O) groups excluding carboxylic acids is 2. The van der Waals surface area contributed by atoms with Crippen LogP contribution >= 0.6 is 0 Å². The number of aliphatic carboxylic acids is 1. The number of carboxylic acids is 1. The lowest BCUT2D eigenvalue weighted by Crippen LogP contribution is -2.37. The van der Waals surface area contributed by atoms with Gasteiger partial charge in [0.05, 0.1) is 19.4 Å². The molecule has 0 spiro atoms. The summed E-state index contributed by atoms with van der Waals surface area (Å²) in [6.07, 6.45) is 3.67. The van der Waals surface area contributed by atoms with Gasteiger partial charge >= 0.3 is 5.97 Å².